The SMILES string of the molecule is Cc1nn([C@H](C)C(=O)N[C@@H]2C(=O)N3C(C(=O)O)=C(CSc4nnnn4C)CS[C@@H]23)cc1Cl. The molecule has 0 radical (unpaired) electrons. The molecule has 0 aromatic carbocycles. The number of β-lactam (4-membered cyclic amide) rings is 1. The zero-order chi connectivity index (χ0) is 23.2. The number of thioether (sulfide) groups is 2. The smallest absolute Gasteiger partial charge is 0.352 e. The monoisotopic (exact) mass is 498 g/mol. The molecule has 4 rings (SSSR count). The second-order valence-corrected chi connectivity index (χ2v) is 9.70. The average molecular weight is 499 g/mol. The normalized spacial score (nSPS) is 21.2. The third kappa shape index (κ3) is 3.97. The van der Waals surface area contributed by atoms with E-state index in [0.29, 0.717) is 33.0 Å². The lowest BCUT2D eigenvalue weighted by atomic mass is 10.0. The Bertz CT molecular complexity index is 1110. The largest absolute Gasteiger partial charge is 0.477 e. The molecule has 0 spiro atoms. The summed E-state index contributed by atoms with van der Waals surface area (Å²) < 4.78 is 2.92. The lowest BCUT2D eigenvalue weighted by Gasteiger charge is -2.49. The molecular formula is C17H19ClN8O4S2. The molecule has 0 bridgehead atoms. The van der Waals surface area contributed by atoms with Gasteiger partial charge in [0.2, 0.25) is 11.1 Å². The highest BCUT2D eigenvalue weighted by Crippen LogP contribution is 2.41. The maximum Gasteiger partial charge on any atom is 0.352 e. The Labute approximate surface area is 195 Å². The Kier molecular flexibility index (Phi) is 6.18. The molecule has 4 heterocycles. The number of carbonyl (C=O) groups excluding carboxylic acids is 2. The number of aryl methyl sites for hydroxylation is 2. The second-order valence-electron chi connectivity index (χ2n) is 7.25. The van der Waals surface area contributed by atoms with Crippen molar-refractivity contribution < 1.29 is 19.5 Å². The van der Waals surface area contributed by atoms with Crippen molar-refractivity contribution in [1.29, 1.82) is 0 Å². The van der Waals surface area contributed by atoms with Gasteiger partial charge in [0.15, 0.2) is 0 Å². The van der Waals surface area contributed by atoms with Gasteiger partial charge in [-0.05, 0) is 29.8 Å². The number of nitrogens with one attached hydrogen (secondary N) is 1. The summed E-state index contributed by atoms with van der Waals surface area (Å²) in [6.07, 6.45) is 1.55. The van der Waals surface area contributed by atoms with Crippen molar-refractivity contribution >= 4 is 52.9 Å². The number of carbonyl (C=O) groups is 3. The van der Waals surface area contributed by atoms with Gasteiger partial charge in [0, 0.05) is 24.8 Å². The number of amides is 2. The van der Waals surface area contributed by atoms with Gasteiger partial charge in [-0.2, -0.15) is 5.10 Å². The van der Waals surface area contributed by atoms with Crippen LogP contribution < -0.4 is 5.32 Å². The Morgan fingerprint density at radius 3 is 2.81 bits per heavy atom. The molecule has 0 aliphatic carbocycles. The first-order valence-corrected chi connectivity index (χ1v) is 11.9. The van der Waals surface area contributed by atoms with Gasteiger partial charge in [-0.1, -0.05) is 23.4 Å². The highest BCUT2D eigenvalue weighted by molar-refractivity contribution is 8.01. The van der Waals surface area contributed by atoms with E-state index >= 15 is 0 Å². The van der Waals surface area contributed by atoms with Gasteiger partial charge in [0.25, 0.3) is 5.91 Å². The van der Waals surface area contributed by atoms with Gasteiger partial charge in [-0.15, -0.1) is 16.9 Å². The molecule has 15 heteroatoms. The molecule has 1 fully saturated rings. The number of carboxylic acid groups (broad SMARTS) is 1. The van der Waals surface area contributed by atoms with Crippen LogP contribution in [0.1, 0.15) is 18.7 Å². The highest BCUT2D eigenvalue weighted by atomic mass is 35.5. The molecule has 2 N–H and O–H groups in total. The Balaban J connectivity index is 1.46. The quantitative estimate of drug-likeness (QED) is 0.407. The first kappa shape index (κ1) is 22.6. The van der Waals surface area contributed by atoms with Crippen LogP contribution in [0.3, 0.4) is 0 Å². The molecule has 2 aliphatic rings. The summed E-state index contributed by atoms with van der Waals surface area (Å²) in [7, 11) is 1.69. The zero-order valence-corrected chi connectivity index (χ0v) is 19.6. The van der Waals surface area contributed by atoms with Crippen molar-refractivity contribution in [2.45, 2.75) is 36.5 Å². The number of hydrogen-bond acceptors (Lipinski definition) is 9. The molecule has 2 aromatic heterocycles. The lowest BCUT2D eigenvalue weighted by molar-refractivity contribution is -0.151. The maximum atomic E-state index is 12.8. The van der Waals surface area contributed by atoms with Gasteiger partial charge in [-0.3, -0.25) is 19.2 Å². The predicted molar refractivity (Wildman–Crippen MR) is 116 cm³/mol. The van der Waals surface area contributed by atoms with E-state index in [9.17, 15) is 19.5 Å². The van der Waals surface area contributed by atoms with E-state index in [4.69, 9.17) is 11.6 Å². The van der Waals surface area contributed by atoms with Crippen LogP contribution in [0.2, 0.25) is 5.02 Å². The van der Waals surface area contributed by atoms with Crippen LogP contribution in [-0.4, -0.2) is 80.7 Å². The summed E-state index contributed by atoms with van der Waals surface area (Å²) in [6.45, 7) is 3.37. The Hall–Kier alpha value is -2.58. The minimum atomic E-state index is -1.19. The van der Waals surface area contributed by atoms with Crippen molar-refractivity contribution in [3.05, 3.63) is 28.2 Å². The Morgan fingerprint density at radius 1 is 1.47 bits per heavy atom. The van der Waals surface area contributed by atoms with Crippen molar-refractivity contribution in [2.24, 2.45) is 7.05 Å². The van der Waals surface area contributed by atoms with Gasteiger partial charge >= 0.3 is 5.97 Å². The summed E-state index contributed by atoms with van der Waals surface area (Å²) >= 11 is 8.70. The van der Waals surface area contributed by atoms with Crippen molar-refractivity contribution in [3.63, 3.8) is 0 Å². The minimum absolute atomic E-state index is 0.0468. The summed E-state index contributed by atoms with van der Waals surface area (Å²) in [5.74, 6) is -1.32. The first-order chi connectivity index (χ1) is 15.2. The summed E-state index contributed by atoms with van der Waals surface area (Å²) in [5.41, 5.74) is 1.15. The maximum absolute atomic E-state index is 12.8. The fourth-order valence-electron chi connectivity index (χ4n) is 3.34. The number of carboxylic acids is 1. The molecule has 2 amide bonds. The number of tetrazole rings is 1. The number of aromatic nitrogens is 6. The van der Waals surface area contributed by atoms with Crippen LogP contribution in [-0.2, 0) is 21.4 Å². The van der Waals surface area contributed by atoms with Crippen LogP contribution in [0.15, 0.2) is 22.6 Å². The summed E-state index contributed by atoms with van der Waals surface area (Å²) in [4.78, 5) is 38.7. The van der Waals surface area contributed by atoms with Crippen LogP contribution in [0.5, 0.6) is 0 Å². The van der Waals surface area contributed by atoms with Gasteiger partial charge in [0.1, 0.15) is 23.2 Å². The standard InChI is InChI=1S/C17H19ClN8O4S2/c1-7-10(18)4-25(21-7)8(2)13(27)19-11-14(28)26-12(16(29)30)9(5-31-15(11)26)6-32-17-20-22-23-24(17)3/h4,8,11,15H,5-6H2,1-3H3,(H,19,27)(H,29,30)/t8-,11-,15+/m1/s1. The fourth-order valence-corrected chi connectivity index (χ4v) is 5.81. The van der Waals surface area contributed by atoms with Gasteiger partial charge in [-0.25, -0.2) is 9.48 Å². The van der Waals surface area contributed by atoms with E-state index < -0.39 is 35.2 Å². The van der Waals surface area contributed by atoms with E-state index in [1.807, 2.05) is 0 Å². The molecule has 2 aliphatic heterocycles. The van der Waals surface area contributed by atoms with Gasteiger partial charge in [0.05, 0.1) is 10.7 Å². The molecule has 2 aromatic rings. The highest BCUT2D eigenvalue weighted by Gasteiger charge is 2.54. The molecule has 1 saturated heterocycles. The number of halogens is 1. The van der Waals surface area contributed by atoms with E-state index in [2.05, 4.69) is 25.9 Å². The van der Waals surface area contributed by atoms with Crippen LogP contribution >= 0.6 is 35.1 Å². The topological polar surface area (TPSA) is 148 Å². The lowest BCUT2D eigenvalue weighted by Crippen LogP contribution is -2.71. The number of aliphatic carboxylic acids is 1. The van der Waals surface area contributed by atoms with E-state index in [-0.39, 0.29) is 5.70 Å². The fraction of sp³-hybridized carbons (Fsp3) is 0.471. The van der Waals surface area contributed by atoms with E-state index in [0.717, 1.165) is 0 Å². The van der Waals surface area contributed by atoms with Crippen molar-refractivity contribution in [2.75, 3.05) is 11.5 Å². The second kappa shape index (κ2) is 8.75. The van der Waals surface area contributed by atoms with E-state index in [1.165, 1.54) is 37.8 Å². The molecule has 0 saturated carbocycles. The predicted octanol–water partition coefficient (Wildman–Crippen LogP) is 0.460. The minimum Gasteiger partial charge on any atom is -0.477 e. The number of nitrogens with zero attached hydrogens (tertiary/aromatic N) is 7. The van der Waals surface area contributed by atoms with Crippen LogP contribution in [0, 0.1) is 6.92 Å². The van der Waals surface area contributed by atoms with Crippen LogP contribution in [0.25, 0.3) is 0 Å². The van der Waals surface area contributed by atoms with E-state index in [1.54, 1.807) is 27.1 Å². The molecule has 170 valence electrons. The zero-order valence-electron chi connectivity index (χ0n) is 17.2. The van der Waals surface area contributed by atoms with Crippen molar-refractivity contribution in [3.8, 4) is 0 Å². The molecular weight excluding hydrogens is 480 g/mol. The van der Waals surface area contributed by atoms with Crippen molar-refractivity contribution in [1.82, 2.24) is 40.2 Å². The first-order valence-electron chi connectivity index (χ1n) is 9.45. The average Bonchev–Trinajstić information content (AvgIpc) is 3.33. The van der Waals surface area contributed by atoms with Gasteiger partial charge < -0.3 is 10.4 Å². The summed E-state index contributed by atoms with van der Waals surface area (Å²) in [6, 6.07) is -1.49. The van der Waals surface area contributed by atoms with Crippen LogP contribution in [0.4, 0.5) is 0 Å². The molecule has 3 atom stereocenters. The molecule has 32 heavy (non-hydrogen) atoms. The third-order valence-corrected chi connectivity index (χ3v) is 7.94. The molecule has 12 nitrogen and oxygen atoms in total. The number of hydrogen-bond donors (Lipinski definition) is 2. The Morgan fingerprint density at radius 2 is 2.22 bits per heavy atom. The third-order valence-electron chi connectivity index (χ3n) is 5.14. The molecule has 0 unspecified atom stereocenters. The number of rotatable bonds is 7. The number of fused-ring (bicyclic) bond motifs is 1. The summed E-state index contributed by atoms with van der Waals surface area (Å²) in [5, 5.41) is 28.3.